The number of hydrogen-bond acceptors (Lipinski definition) is 7. The highest BCUT2D eigenvalue weighted by Crippen LogP contribution is 2.63. The number of aromatic nitrogens is 4. The van der Waals surface area contributed by atoms with Crippen molar-refractivity contribution < 1.29 is 17.2 Å². The van der Waals surface area contributed by atoms with Gasteiger partial charge in [0, 0.05) is 12.2 Å². The predicted octanol–water partition coefficient (Wildman–Crippen LogP) is 4.80. The Kier molecular flexibility index (Phi) is 5.80. The van der Waals surface area contributed by atoms with Crippen molar-refractivity contribution >= 4 is 15.5 Å². The summed E-state index contributed by atoms with van der Waals surface area (Å²) >= 11 is 0. The molecule has 1 aromatic carbocycles. The van der Waals surface area contributed by atoms with Gasteiger partial charge in [-0.05, 0) is 54.5 Å². The molecule has 6 rings (SSSR count). The standard InChI is InChI=1S/C28H26F2N6O2S/c1-27(2)18-12-13-28(27,23-9-5-8-21(32-23)26-31-15-36(35-26)16-39(3,37)38)24-11-10-17(18)14-22(33-34-24)25-19(29)6-4-7-20(25)30/h4-9,14-15,17-18,24H,12-13,16H2,1-3H3/b22-14-,34-33?/t17?,18-,24?,28-/m0/s1. The quantitative estimate of drug-likeness (QED) is 0.426. The lowest BCUT2D eigenvalue weighted by Crippen LogP contribution is -2.48. The van der Waals surface area contributed by atoms with Crippen molar-refractivity contribution in [3.8, 4) is 23.4 Å². The van der Waals surface area contributed by atoms with Gasteiger partial charge >= 0.3 is 0 Å². The van der Waals surface area contributed by atoms with Gasteiger partial charge in [-0.3, -0.25) is 0 Å². The number of rotatable bonds is 5. The summed E-state index contributed by atoms with van der Waals surface area (Å²) in [5.74, 6) is 5.09. The Hall–Kier alpha value is -3.78. The third-order valence-electron chi connectivity index (χ3n) is 8.39. The van der Waals surface area contributed by atoms with E-state index in [1.54, 1.807) is 12.1 Å². The van der Waals surface area contributed by atoms with E-state index in [1.807, 2.05) is 12.1 Å². The third kappa shape index (κ3) is 4.09. The first kappa shape index (κ1) is 25.5. The Balaban J connectivity index is 1.45. The van der Waals surface area contributed by atoms with Gasteiger partial charge in [0.05, 0.1) is 22.4 Å². The van der Waals surface area contributed by atoms with Crippen LogP contribution in [-0.4, -0.2) is 40.5 Å². The highest BCUT2D eigenvalue weighted by atomic mass is 32.2. The number of fused-ring (bicyclic) bond motifs is 6. The largest absolute Gasteiger partial charge is 0.249 e. The molecule has 0 N–H and O–H groups in total. The molecule has 39 heavy (non-hydrogen) atoms. The van der Waals surface area contributed by atoms with E-state index in [0.29, 0.717) is 11.5 Å². The van der Waals surface area contributed by atoms with E-state index < -0.39 is 32.9 Å². The van der Waals surface area contributed by atoms with E-state index in [4.69, 9.17) is 4.98 Å². The van der Waals surface area contributed by atoms with Gasteiger partial charge in [0.2, 0.25) is 0 Å². The summed E-state index contributed by atoms with van der Waals surface area (Å²) in [6.45, 7) is 4.34. The molecule has 11 heteroatoms. The summed E-state index contributed by atoms with van der Waals surface area (Å²) in [6.07, 6.45) is 5.84. The van der Waals surface area contributed by atoms with Crippen LogP contribution in [0.2, 0.25) is 0 Å². The minimum atomic E-state index is -3.29. The molecule has 3 aliphatic rings. The van der Waals surface area contributed by atoms with Crippen LogP contribution in [0.1, 0.15) is 37.9 Å². The van der Waals surface area contributed by atoms with Gasteiger partial charge in [-0.1, -0.05) is 37.8 Å². The minimum Gasteiger partial charge on any atom is -0.249 e. The van der Waals surface area contributed by atoms with Crippen molar-refractivity contribution in [2.45, 2.75) is 44.0 Å². The number of hydrogen-bond donors (Lipinski definition) is 0. The van der Waals surface area contributed by atoms with E-state index in [1.165, 1.54) is 29.2 Å². The molecule has 0 amide bonds. The lowest BCUT2D eigenvalue weighted by Gasteiger charge is -2.45. The number of halogens is 2. The zero-order valence-corrected chi connectivity index (χ0v) is 22.5. The fourth-order valence-corrected chi connectivity index (χ4v) is 7.12. The molecule has 1 saturated carbocycles. The molecule has 3 heterocycles. The highest BCUT2D eigenvalue weighted by molar-refractivity contribution is 7.89. The molecule has 4 atom stereocenters. The number of pyridine rings is 1. The Morgan fingerprint density at radius 2 is 1.85 bits per heavy atom. The summed E-state index contributed by atoms with van der Waals surface area (Å²) in [4.78, 5) is 9.26. The van der Waals surface area contributed by atoms with E-state index in [-0.39, 0.29) is 34.4 Å². The maximum absolute atomic E-state index is 14.7. The Bertz CT molecular complexity index is 1700. The molecular weight excluding hydrogens is 522 g/mol. The van der Waals surface area contributed by atoms with Gasteiger partial charge in [-0.15, -0.1) is 5.10 Å². The van der Waals surface area contributed by atoms with Crippen LogP contribution in [0, 0.1) is 40.7 Å². The van der Waals surface area contributed by atoms with Crippen LogP contribution in [0.5, 0.6) is 0 Å². The molecule has 1 fully saturated rings. The fraction of sp³-hybridized carbons (Fsp3) is 0.393. The van der Waals surface area contributed by atoms with E-state index in [2.05, 4.69) is 46.0 Å². The summed E-state index contributed by atoms with van der Waals surface area (Å²) in [6, 6.07) is 8.74. The number of azo groups is 1. The Morgan fingerprint density at radius 3 is 2.59 bits per heavy atom. The van der Waals surface area contributed by atoms with Crippen LogP contribution in [0.15, 0.2) is 59.0 Å². The monoisotopic (exact) mass is 548 g/mol. The second kappa shape index (κ2) is 8.88. The number of benzene rings is 1. The van der Waals surface area contributed by atoms with Crippen molar-refractivity contribution in [1.82, 2.24) is 19.7 Å². The number of sulfone groups is 1. The van der Waals surface area contributed by atoms with Gasteiger partial charge in [0.15, 0.2) is 15.7 Å². The lowest BCUT2D eigenvalue weighted by atomic mass is 9.58. The van der Waals surface area contributed by atoms with Crippen LogP contribution >= 0.6 is 0 Å². The van der Waals surface area contributed by atoms with Gasteiger partial charge < -0.3 is 0 Å². The summed E-state index contributed by atoms with van der Waals surface area (Å²) < 4.78 is 54.1. The van der Waals surface area contributed by atoms with Crippen molar-refractivity contribution in [1.29, 1.82) is 0 Å². The smallest absolute Gasteiger partial charge is 0.199 e. The first-order valence-electron chi connectivity index (χ1n) is 12.6. The topological polar surface area (TPSA) is 102 Å². The molecule has 4 bridgehead atoms. The van der Waals surface area contributed by atoms with Gasteiger partial charge in [-0.2, -0.15) is 10.2 Å². The van der Waals surface area contributed by atoms with Crippen molar-refractivity contribution in [3.05, 3.63) is 71.7 Å². The van der Waals surface area contributed by atoms with Crippen LogP contribution in [0.4, 0.5) is 8.78 Å². The zero-order valence-electron chi connectivity index (χ0n) is 21.6. The molecule has 1 aliphatic heterocycles. The number of nitrogens with zero attached hydrogens (tertiary/aromatic N) is 6. The second-order valence-electron chi connectivity index (χ2n) is 11.0. The van der Waals surface area contributed by atoms with E-state index in [9.17, 15) is 17.2 Å². The SMILES string of the molecule is CC1(C)[C@H]2CC[C@]1(c1cccc(-c3ncn(CS(C)(=O)=O)n3)n1)C1C#CC2/C=C(/c2c(F)cccc2F)N=N1. The first-order valence-corrected chi connectivity index (χ1v) is 14.7. The molecule has 2 unspecified atom stereocenters. The minimum absolute atomic E-state index is 0.0703. The van der Waals surface area contributed by atoms with Crippen LogP contribution in [0.3, 0.4) is 0 Å². The Labute approximate surface area is 225 Å². The highest BCUT2D eigenvalue weighted by Gasteiger charge is 2.62. The van der Waals surface area contributed by atoms with E-state index in [0.717, 1.165) is 24.8 Å². The molecule has 8 nitrogen and oxygen atoms in total. The van der Waals surface area contributed by atoms with Crippen molar-refractivity contribution in [3.63, 3.8) is 0 Å². The second-order valence-corrected chi connectivity index (χ2v) is 13.1. The summed E-state index contributed by atoms with van der Waals surface area (Å²) in [7, 11) is -3.29. The molecule has 0 saturated heterocycles. The average Bonchev–Trinajstić information content (AvgIpc) is 3.39. The number of allylic oxidation sites excluding steroid dienone is 1. The lowest BCUT2D eigenvalue weighted by molar-refractivity contribution is 0.122. The van der Waals surface area contributed by atoms with Gasteiger partial charge in [0.25, 0.3) is 0 Å². The van der Waals surface area contributed by atoms with Crippen molar-refractivity contribution in [2.75, 3.05) is 6.26 Å². The molecule has 200 valence electrons. The molecule has 0 radical (unpaired) electrons. The zero-order chi connectivity index (χ0) is 27.6. The summed E-state index contributed by atoms with van der Waals surface area (Å²) in [5.41, 5.74) is 0.202. The normalized spacial score (nSPS) is 28.1. The van der Waals surface area contributed by atoms with E-state index >= 15 is 0 Å². The van der Waals surface area contributed by atoms with Gasteiger partial charge in [-0.25, -0.2) is 31.8 Å². The first-order chi connectivity index (χ1) is 18.5. The molecule has 0 spiro atoms. The molecular formula is C28H26F2N6O2S. The maximum atomic E-state index is 14.7. The van der Waals surface area contributed by atoms with Crippen LogP contribution in [0.25, 0.3) is 17.2 Å². The molecule has 2 aromatic heterocycles. The fourth-order valence-electron chi connectivity index (χ4n) is 6.52. The van der Waals surface area contributed by atoms with Crippen molar-refractivity contribution in [2.24, 2.45) is 27.5 Å². The average molecular weight is 549 g/mol. The molecule has 3 aromatic rings. The predicted molar refractivity (Wildman–Crippen MR) is 141 cm³/mol. The maximum Gasteiger partial charge on any atom is 0.199 e. The molecule has 2 aliphatic carbocycles. The van der Waals surface area contributed by atoms with Crippen LogP contribution < -0.4 is 0 Å². The van der Waals surface area contributed by atoms with Crippen LogP contribution in [-0.2, 0) is 21.1 Å². The third-order valence-corrected chi connectivity index (χ3v) is 9.12. The Morgan fingerprint density at radius 1 is 1.10 bits per heavy atom. The van der Waals surface area contributed by atoms with Gasteiger partial charge in [0.1, 0.15) is 35.6 Å². The summed E-state index contributed by atoms with van der Waals surface area (Å²) in [5, 5.41) is 13.3.